The fourth-order valence-electron chi connectivity index (χ4n) is 18.1. The van der Waals surface area contributed by atoms with Crippen molar-refractivity contribution in [3.05, 3.63) is 455 Å². The molecule has 0 amide bonds. The zero-order valence-electron chi connectivity index (χ0n) is 67.4. The lowest BCUT2D eigenvalue weighted by molar-refractivity contribution is 1.08. The number of nitrogens with zero attached hydrogens (tertiary/aromatic N) is 10. The molecule has 23 aromatic rings. The second-order valence-corrected chi connectivity index (χ2v) is 31.6. The number of hydrogen-bond acceptors (Lipinski definition) is 10. The Bertz CT molecular complexity index is 7840. The van der Waals surface area contributed by atoms with Crippen LogP contribution < -0.4 is 22.2 Å². The molecule has 0 spiro atoms. The first-order chi connectivity index (χ1) is 62.1. The second kappa shape index (κ2) is 30.4. The molecular formula is C112H68N10O4. The molecule has 14 aromatic carbocycles. The second-order valence-electron chi connectivity index (χ2n) is 31.6. The molecule has 0 bridgehead atoms. The predicted octanol–water partition coefficient (Wildman–Crippen LogP) is 24.5. The molecular weight excluding hydrogens is 1550 g/mol. The van der Waals surface area contributed by atoms with E-state index < -0.39 is 0 Å². The van der Waals surface area contributed by atoms with Gasteiger partial charge in [0.25, 0.3) is 22.2 Å². The van der Waals surface area contributed by atoms with Crippen LogP contribution in [0.4, 0.5) is 0 Å². The fourth-order valence-corrected chi connectivity index (χ4v) is 18.1. The molecule has 0 saturated carbocycles. The first-order valence-corrected chi connectivity index (χ1v) is 41.6. The Balaban J connectivity index is 0.589. The maximum absolute atomic E-state index is 13.9. The third kappa shape index (κ3) is 13.0. The highest BCUT2D eigenvalue weighted by Crippen LogP contribution is 2.46. The summed E-state index contributed by atoms with van der Waals surface area (Å²) in [6.45, 7) is 0. The van der Waals surface area contributed by atoms with Gasteiger partial charge in [0.1, 0.15) is 28.9 Å². The van der Waals surface area contributed by atoms with Gasteiger partial charge in [-0.15, -0.1) is 0 Å². The molecule has 0 N–H and O–H groups in total. The van der Waals surface area contributed by atoms with E-state index in [9.17, 15) is 19.2 Å². The van der Waals surface area contributed by atoms with E-state index in [1.165, 1.54) is 0 Å². The molecule has 9 heterocycles. The van der Waals surface area contributed by atoms with Crippen molar-refractivity contribution in [2.75, 3.05) is 0 Å². The summed E-state index contributed by atoms with van der Waals surface area (Å²) in [5, 5.41) is 2.24. The van der Waals surface area contributed by atoms with Crippen LogP contribution in [0.5, 0.6) is 0 Å². The Labute approximate surface area is 719 Å². The van der Waals surface area contributed by atoms with Crippen molar-refractivity contribution >= 4 is 66.2 Å². The van der Waals surface area contributed by atoms with Crippen LogP contribution in [0, 0.1) is 0 Å². The van der Waals surface area contributed by atoms with Gasteiger partial charge < -0.3 is 0 Å². The predicted molar refractivity (Wildman–Crippen MR) is 508 cm³/mol. The summed E-state index contributed by atoms with van der Waals surface area (Å²) in [5.41, 5.74) is 31.2. The number of hydrogen-bond donors (Lipinski definition) is 0. The highest BCUT2D eigenvalue weighted by atomic mass is 16.1. The molecule has 9 aromatic heterocycles. The van der Waals surface area contributed by atoms with Gasteiger partial charge in [0.05, 0.1) is 55.0 Å². The van der Waals surface area contributed by atoms with Crippen molar-refractivity contribution in [2.24, 2.45) is 0 Å². The highest BCUT2D eigenvalue weighted by Gasteiger charge is 2.23. The SMILES string of the molecule is O=c1c2ccccc2nc2cc(-c3ccccc3-c3cc(-c4ccccc4-c4ccc(-c5cc(-c6ccc(-c7ccccc7-c7cc(-c8ccccc8-c8ccn9c(=O)c%10ccccc%10nc9c8)cc(-c8ccccc8-c8ccn9c(=O)c%10ccccc%10nc9c8)c7)cc6)ncn5)cc4)cc(-c4ccccc4-c4ccn5c(=O)c6ccccc6nc5c4)c3)ccn12. The lowest BCUT2D eigenvalue weighted by Crippen LogP contribution is -2.14. The number of fused-ring (bicyclic) bond motifs is 8. The van der Waals surface area contributed by atoms with Crippen molar-refractivity contribution in [3.63, 3.8) is 0 Å². The molecule has 0 fully saturated rings. The van der Waals surface area contributed by atoms with E-state index >= 15 is 0 Å². The Kier molecular flexibility index (Phi) is 17.8. The lowest BCUT2D eigenvalue weighted by atomic mass is 9.86. The average molecular weight is 1620 g/mol. The van der Waals surface area contributed by atoms with Crippen LogP contribution >= 0.6 is 0 Å². The van der Waals surface area contributed by atoms with Gasteiger partial charge in [-0.05, 0) is 273 Å². The number of aromatic nitrogens is 10. The highest BCUT2D eigenvalue weighted by molar-refractivity contribution is 5.99. The Morgan fingerprint density at radius 2 is 0.357 bits per heavy atom. The van der Waals surface area contributed by atoms with Gasteiger partial charge in [-0.25, -0.2) is 29.9 Å². The van der Waals surface area contributed by atoms with Crippen molar-refractivity contribution in [3.8, 4) is 156 Å². The number of pyridine rings is 4. The fraction of sp³-hybridized carbons (Fsp3) is 0. The Morgan fingerprint density at radius 3 is 0.587 bits per heavy atom. The van der Waals surface area contributed by atoms with Crippen LogP contribution in [0.3, 0.4) is 0 Å². The first-order valence-electron chi connectivity index (χ1n) is 41.6. The van der Waals surface area contributed by atoms with Crippen LogP contribution in [-0.4, -0.2) is 47.5 Å². The smallest absolute Gasteiger partial charge is 0.265 e. The quantitative estimate of drug-likeness (QED) is 0.0958. The molecule has 0 saturated heterocycles. The zero-order valence-corrected chi connectivity index (χ0v) is 67.4. The van der Waals surface area contributed by atoms with E-state index in [0.717, 1.165) is 156 Å². The van der Waals surface area contributed by atoms with Crippen molar-refractivity contribution in [1.82, 2.24) is 47.5 Å². The minimum absolute atomic E-state index is 0.124. The van der Waals surface area contributed by atoms with Crippen LogP contribution in [0.15, 0.2) is 432 Å². The normalized spacial score (nSPS) is 11.6. The third-order valence-corrected chi connectivity index (χ3v) is 24.3. The molecule has 126 heavy (non-hydrogen) atoms. The van der Waals surface area contributed by atoms with Gasteiger partial charge in [0.15, 0.2) is 0 Å². The molecule has 0 aliphatic heterocycles. The van der Waals surface area contributed by atoms with Crippen molar-refractivity contribution in [2.45, 2.75) is 0 Å². The van der Waals surface area contributed by atoms with E-state index in [0.29, 0.717) is 66.2 Å². The molecule has 0 atom stereocenters. The third-order valence-electron chi connectivity index (χ3n) is 24.3. The molecule has 0 aliphatic carbocycles. The van der Waals surface area contributed by atoms with E-state index in [1.807, 2.05) is 195 Å². The maximum atomic E-state index is 13.9. The van der Waals surface area contributed by atoms with Gasteiger partial charge >= 0.3 is 0 Å². The first kappa shape index (κ1) is 73.8. The summed E-state index contributed by atoms with van der Waals surface area (Å²) in [6.07, 6.45) is 8.93. The van der Waals surface area contributed by atoms with Crippen LogP contribution in [0.25, 0.3) is 222 Å². The van der Waals surface area contributed by atoms with Crippen LogP contribution in [0.2, 0.25) is 0 Å². The van der Waals surface area contributed by atoms with E-state index in [1.54, 1.807) is 23.9 Å². The minimum Gasteiger partial charge on any atom is -0.268 e. The van der Waals surface area contributed by atoms with Gasteiger partial charge in [-0.3, -0.25) is 36.8 Å². The largest absolute Gasteiger partial charge is 0.268 e. The summed E-state index contributed by atoms with van der Waals surface area (Å²) in [5.74, 6) is 0. The summed E-state index contributed by atoms with van der Waals surface area (Å²) in [4.78, 5) is 85.1. The lowest BCUT2D eigenvalue weighted by Gasteiger charge is -2.18. The Morgan fingerprint density at radius 1 is 0.167 bits per heavy atom. The molecule has 0 unspecified atom stereocenters. The standard InChI is InChI=1S/C112H68N10O4/c123-109-95-33-13-17-37-99(95)115-105-63-73(49-53-119(105)109)85-23-3-9-29-91(85)79-57-77(58-80(61-79)92-30-10-4-24-86(92)74-50-54-120-106(64-74)116-100-38-18-14-34-96(100)110(120)124)89-27-7-1-21-83(89)69-41-45-71(46-42-69)103-67-104(114-68-113-103)72-47-43-70(44-48-72)84-22-2-8-28-90(84)78-59-81(93-31-11-5-25-87(93)75-51-55-121-107(65-75)117-101-39-19-15-35-97(101)111(121)125)62-82(60-78)94-32-12-6-26-88(94)76-52-56-122-108(66-76)118-102-40-20-16-36-98(102)112(122)126/h1-68H. The molecule has 590 valence electrons. The van der Waals surface area contributed by atoms with Crippen molar-refractivity contribution < 1.29 is 0 Å². The summed E-state index contributed by atoms with van der Waals surface area (Å²) in [6, 6.07) is 129. The molecule has 23 rings (SSSR count). The molecule has 14 heteroatoms. The number of para-hydroxylation sites is 4. The van der Waals surface area contributed by atoms with Crippen LogP contribution in [0.1, 0.15) is 0 Å². The van der Waals surface area contributed by atoms with Crippen LogP contribution in [-0.2, 0) is 0 Å². The van der Waals surface area contributed by atoms with E-state index in [4.69, 9.17) is 29.9 Å². The minimum atomic E-state index is -0.124. The monoisotopic (exact) mass is 1620 g/mol. The molecule has 14 nitrogen and oxygen atoms in total. The average Bonchev–Trinajstić information content (AvgIpc) is 0.769. The van der Waals surface area contributed by atoms with E-state index in [2.05, 4.69) is 212 Å². The number of rotatable bonds is 14. The van der Waals surface area contributed by atoms with Crippen molar-refractivity contribution in [1.29, 1.82) is 0 Å². The Hall–Kier alpha value is -17.4. The summed E-state index contributed by atoms with van der Waals surface area (Å²) in [7, 11) is 0. The zero-order chi connectivity index (χ0) is 84.0. The maximum Gasteiger partial charge on any atom is 0.265 e. The van der Waals surface area contributed by atoms with Gasteiger partial charge in [-0.1, -0.05) is 243 Å². The topological polar surface area (TPSA) is 163 Å². The van der Waals surface area contributed by atoms with Gasteiger partial charge in [0, 0.05) is 35.9 Å². The molecule has 0 radical (unpaired) electrons. The van der Waals surface area contributed by atoms with Gasteiger partial charge in [-0.2, -0.15) is 0 Å². The van der Waals surface area contributed by atoms with E-state index in [-0.39, 0.29) is 22.2 Å². The molecule has 0 aliphatic rings. The van der Waals surface area contributed by atoms with Gasteiger partial charge in [0.2, 0.25) is 0 Å². The summed E-state index contributed by atoms with van der Waals surface area (Å²) >= 11 is 0. The number of benzene rings is 14. The summed E-state index contributed by atoms with van der Waals surface area (Å²) < 4.78 is 6.45.